The first kappa shape index (κ1) is 15.2. The topological polar surface area (TPSA) is 106 Å². The Balaban J connectivity index is 2.84. The molecule has 0 atom stereocenters. The summed E-state index contributed by atoms with van der Waals surface area (Å²) in [4.78, 5) is -0.0600. The minimum Gasteiger partial charge on any atom is -0.398 e. The highest BCUT2D eigenvalue weighted by molar-refractivity contribution is 7.91. The number of sulfone groups is 1. The molecule has 0 fully saturated rings. The standard InChI is InChI=1S/C9H13ClN2O4S2/c1-17(13,14)5-4-12-18(15,16)7-2-3-9(11)8(10)6-7/h2-3,6,12H,4-5,11H2,1H3. The van der Waals surface area contributed by atoms with E-state index in [1.165, 1.54) is 18.2 Å². The van der Waals surface area contributed by atoms with E-state index in [4.69, 9.17) is 17.3 Å². The Morgan fingerprint density at radius 2 is 1.89 bits per heavy atom. The molecule has 0 heterocycles. The fourth-order valence-electron chi connectivity index (χ4n) is 1.12. The van der Waals surface area contributed by atoms with Crippen LogP contribution in [-0.2, 0) is 19.9 Å². The highest BCUT2D eigenvalue weighted by atomic mass is 35.5. The summed E-state index contributed by atoms with van der Waals surface area (Å²) in [5.74, 6) is -0.269. The maximum Gasteiger partial charge on any atom is 0.240 e. The lowest BCUT2D eigenvalue weighted by atomic mass is 10.3. The molecule has 9 heteroatoms. The van der Waals surface area contributed by atoms with Gasteiger partial charge >= 0.3 is 0 Å². The first-order valence-corrected chi connectivity index (χ1v) is 8.76. The van der Waals surface area contributed by atoms with Crippen molar-refractivity contribution < 1.29 is 16.8 Å². The molecule has 0 radical (unpaired) electrons. The molecule has 102 valence electrons. The van der Waals surface area contributed by atoms with Gasteiger partial charge in [0.15, 0.2) is 0 Å². The molecule has 0 saturated carbocycles. The molecule has 0 amide bonds. The Kier molecular flexibility index (Phi) is 4.60. The summed E-state index contributed by atoms with van der Waals surface area (Å²) in [5.41, 5.74) is 5.73. The summed E-state index contributed by atoms with van der Waals surface area (Å²) in [5, 5.41) is 0.126. The van der Waals surface area contributed by atoms with Gasteiger partial charge in [-0.1, -0.05) is 11.6 Å². The predicted octanol–water partition coefficient (Wildman–Crippen LogP) is 0.245. The van der Waals surface area contributed by atoms with Gasteiger partial charge in [-0.05, 0) is 18.2 Å². The van der Waals surface area contributed by atoms with Crippen LogP contribution in [0, 0.1) is 0 Å². The zero-order chi connectivity index (χ0) is 14.0. The zero-order valence-electron chi connectivity index (χ0n) is 9.55. The number of rotatable bonds is 5. The normalized spacial score (nSPS) is 12.6. The molecule has 0 aliphatic rings. The Labute approximate surface area is 111 Å². The van der Waals surface area contributed by atoms with Gasteiger partial charge in [-0.2, -0.15) is 0 Å². The average molecular weight is 313 g/mol. The van der Waals surface area contributed by atoms with Crippen LogP contribution >= 0.6 is 11.6 Å². The fraction of sp³-hybridized carbons (Fsp3) is 0.333. The molecule has 0 unspecified atom stereocenters. The summed E-state index contributed by atoms with van der Waals surface area (Å²) < 4.78 is 47.5. The number of anilines is 1. The number of sulfonamides is 1. The molecule has 1 aromatic rings. The van der Waals surface area contributed by atoms with Crippen LogP contribution < -0.4 is 10.5 Å². The molecule has 1 rings (SSSR count). The van der Waals surface area contributed by atoms with Crippen LogP contribution in [0.25, 0.3) is 0 Å². The van der Waals surface area contributed by atoms with Crippen molar-refractivity contribution in [2.45, 2.75) is 4.90 Å². The molecule has 0 aliphatic heterocycles. The average Bonchev–Trinajstić information content (AvgIpc) is 2.19. The van der Waals surface area contributed by atoms with E-state index in [2.05, 4.69) is 4.72 Å². The lowest BCUT2D eigenvalue weighted by molar-refractivity contribution is 0.582. The van der Waals surface area contributed by atoms with Crippen LogP contribution in [0.3, 0.4) is 0 Å². The van der Waals surface area contributed by atoms with Crippen molar-refractivity contribution in [2.24, 2.45) is 0 Å². The minimum atomic E-state index is -3.78. The molecule has 0 spiro atoms. The van der Waals surface area contributed by atoms with Crippen molar-refractivity contribution in [1.82, 2.24) is 4.72 Å². The number of nitrogens with one attached hydrogen (secondary N) is 1. The second-order valence-electron chi connectivity index (χ2n) is 3.71. The van der Waals surface area contributed by atoms with Gasteiger partial charge in [0, 0.05) is 12.8 Å². The molecule has 0 bridgehead atoms. The van der Waals surface area contributed by atoms with Crippen LogP contribution in [0.2, 0.25) is 5.02 Å². The monoisotopic (exact) mass is 312 g/mol. The molecule has 6 nitrogen and oxygen atoms in total. The zero-order valence-corrected chi connectivity index (χ0v) is 11.9. The molecule has 0 saturated heterocycles. The summed E-state index contributed by atoms with van der Waals surface area (Å²) in [7, 11) is -6.99. The van der Waals surface area contributed by atoms with Gasteiger partial charge in [0.05, 0.1) is 21.4 Å². The van der Waals surface area contributed by atoms with Crippen molar-refractivity contribution in [3.05, 3.63) is 23.2 Å². The highest BCUT2D eigenvalue weighted by Crippen LogP contribution is 2.22. The first-order chi connectivity index (χ1) is 8.12. The van der Waals surface area contributed by atoms with Crippen LogP contribution in [0.1, 0.15) is 0 Å². The quantitative estimate of drug-likeness (QED) is 0.758. The van der Waals surface area contributed by atoms with Gasteiger partial charge in [-0.25, -0.2) is 21.6 Å². The molecule has 0 aliphatic carbocycles. The van der Waals surface area contributed by atoms with Gasteiger partial charge < -0.3 is 5.73 Å². The maximum atomic E-state index is 11.8. The first-order valence-electron chi connectivity index (χ1n) is 4.84. The van der Waals surface area contributed by atoms with Crippen molar-refractivity contribution in [3.8, 4) is 0 Å². The molecule has 0 aromatic heterocycles. The van der Waals surface area contributed by atoms with E-state index in [1.807, 2.05) is 0 Å². The number of benzene rings is 1. The largest absolute Gasteiger partial charge is 0.398 e. The van der Waals surface area contributed by atoms with Crippen molar-refractivity contribution in [3.63, 3.8) is 0 Å². The summed E-state index contributed by atoms with van der Waals surface area (Å²) in [6.07, 6.45) is 1.03. The number of hydrogen-bond acceptors (Lipinski definition) is 5. The van der Waals surface area contributed by atoms with E-state index in [9.17, 15) is 16.8 Å². The third-order valence-corrected chi connectivity index (χ3v) is 4.78. The van der Waals surface area contributed by atoms with Crippen LogP contribution in [0.5, 0.6) is 0 Å². The van der Waals surface area contributed by atoms with Gasteiger partial charge in [0.1, 0.15) is 9.84 Å². The number of nitrogens with two attached hydrogens (primary N) is 1. The van der Waals surface area contributed by atoms with Crippen molar-refractivity contribution in [2.75, 3.05) is 24.3 Å². The third-order valence-electron chi connectivity index (χ3n) is 2.05. The lowest BCUT2D eigenvalue weighted by Gasteiger charge is -2.07. The Bertz CT molecular complexity index is 641. The van der Waals surface area contributed by atoms with E-state index < -0.39 is 19.9 Å². The van der Waals surface area contributed by atoms with Crippen molar-refractivity contribution in [1.29, 1.82) is 0 Å². The second kappa shape index (κ2) is 5.43. The molecule has 18 heavy (non-hydrogen) atoms. The number of nitrogen functional groups attached to an aromatic ring is 1. The number of hydrogen-bond donors (Lipinski definition) is 2. The second-order valence-corrected chi connectivity index (χ2v) is 8.14. The molecular formula is C9H13ClN2O4S2. The van der Waals surface area contributed by atoms with Crippen LogP contribution in [-0.4, -0.2) is 35.4 Å². The summed E-state index contributed by atoms with van der Waals surface area (Å²) in [6.45, 7) is -0.191. The van der Waals surface area contributed by atoms with E-state index >= 15 is 0 Å². The van der Waals surface area contributed by atoms with Gasteiger partial charge in [-0.3, -0.25) is 0 Å². The predicted molar refractivity (Wildman–Crippen MR) is 70.8 cm³/mol. The minimum absolute atomic E-state index is 0.0600. The SMILES string of the molecule is CS(=O)(=O)CCNS(=O)(=O)c1ccc(N)c(Cl)c1. The van der Waals surface area contributed by atoms with Gasteiger partial charge in [-0.15, -0.1) is 0 Å². The molecular weight excluding hydrogens is 300 g/mol. The Hall–Kier alpha value is -0.830. The third kappa shape index (κ3) is 4.45. The lowest BCUT2D eigenvalue weighted by Crippen LogP contribution is -2.28. The highest BCUT2D eigenvalue weighted by Gasteiger charge is 2.15. The molecule has 1 aromatic carbocycles. The van der Waals surface area contributed by atoms with E-state index in [1.54, 1.807) is 0 Å². The van der Waals surface area contributed by atoms with Crippen LogP contribution in [0.15, 0.2) is 23.1 Å². The fourth-order valence-corrected chi connectivity index (χ4v) is 3.02. The Morgan fingerprint density at radius 3 is 2.39 bits per heavy atom. The smallest absolute Gasteiger partial charge is 0.240 e. The van der Waals surface area contributed by atoms with E-state index in [0.29, 0.717) is 0 Å². The van der Waals surface area contributed by atoms with E-state index in [0.717, 1.165) is 6.26 Å². The molecule has 3 N–H and O–H groups in total. The van der Waals surface area contributed by atoms with E-state index in [-0.39, 0.29) is 27.9 Å². The van der Waals surface area contributed by atoms with Crippen molar-refractivity contribution >= 4 is 37.1 Å². The number of halogens is 1. The van der Waals surface area contributed by atoms with Gasteiger partial charge in [0.25, 0.3) is 0 Å². The van der Waals surface area contributed by atoms with Gasteiger partial charge in [0.2, 0.25) is 10.0 Å². The van der Waals surface area contributed by atoms with Crippen LogP contribution in [0.4, 0.5) is 5.69 Å². The Morgan fingerprint density at radius 1 is 1.28 bits per heavy atom. The summed E-state index contributed by atoms with van der Waals surface area (Å²) in [6, 6.07) is 3.87. The maximum absolute atomic E-state index is 11.8. The summed E-state index contributed by atoms with van der Waals surface area (Å²) >= 11 is 5.71.